The molecule has 5 nitrogen and oxygen atoms in total. The highest BCUT2D eigenvalue weighted by atomic mass is 32.2. The molecule has 1 aromatic carbocycles. The average Bonchev–Trinajstić information content (AvgIpc) is 3.25. The minimum atomic E-state index is -0.159. The third-order valence-electron chi connectivity index (χ3n) is 6.07. The standard InChI is InChI=1S/C21H31N3O2S/c25-21(22-18-6-9-23(10-7-18)19-8-13-26-16-19)20(17-4-2-1-3-5-17)24-11-14-27-15-12-24/h1-5,18-20H,6-16H2,(H,22,25)/t19-,20-/m0/s1. The Balaban J connectivity index is 1.37. The summed E-state index contributed by atoms with van der Waals surface area (Å²) in [6, 6.07) is 11.0. The van der Waals surface area contributed by atoms with E-state index in [1.54, 1.807) is 0 Å². The van der Waals surface area contributed by atoms with Crippen LogP contribution in [0.3, 0.4) is 0 Å². The van der Waals surface area contributed by atoms with Crippen molar-refractivity contribution in [2.75, 3.05) is 50.9 Å². The van der Waals surface area contributed by atoms with Crippen molar-refractivity contribution in [3.05, 3.63) is 35.9 Å². The van der Waals surface area contributed by atoms with Crippen molar-refractivity contribution < 1.29 is 9.53 Å². The lowest BCUT2D eigenvalue weighted by atomic mass is 10.00. The number of thioether (sulfide) groups is 1. The van der Waals surface area contributed by atoms with Crippen molar-refractivity contribution in [3.63, 3.8) is 0 Å². The molecule has 3 fully saturated rings. The zero-order chi connectivity index (χ0) is 18.5. The van der Waals surface area contributed by atoms with Crippen LogP contribution in [0, 0.1) is 0 Å². The van der Waals surface area contributed by atoms with Gasteiger partial charge in [0.05, 0.1) is 6.61 Å². The number of nitrogens with one attached hydrogen (secondary N) is 1. The van der Waals surface area contributed by atoms with Crippen LogP contribution >= 0.6 is 11.8 Å². The van der Waals surface area contributed by atoms with Gasteiger partial charge in [-0.3, -0.25) is 14.6 Å². The van der Waals surface area contributed by atoms with Gasteiger partial charge in [0.15, 0.2) is 0 Å². The Kier molecular flexibility index (Phi) is 6.71. The van der Waals surface area contributed by atoms with Gasteiger partial charge in [0.2, 0.25) is 5.91 Å². The van der Waals surface area contributed by atoms with Crippen LogP contribution in [0.4, 0.5) is 0 Å². The molecule has 0 saturated carbocycles. The number of nitrogens with zero attached hydrogens (tertiary/aromatic N) is 2. The zero-order valence-electron chi connectivity index (χ0n) is 16.0. The normalized spacial score (nSPS) is 26.7. The smallest absolute Gasteiger partial charge is 0.242 e. The highest BCUT2D eigenvalue weighted by molar-refractivity contribution is 7.99. The monoisotopic (exact) mass is 389 g/mol. The fourth-order valence-corrected chi connectivity index (χ4v) is 5.43. The summed E-state index contributed by atoms with van der Waals surface area (Å²) in [6.07, 6.45) is 3.24. The van der Waals surface area contributed by atoms with E-state index in [2.05, 4.69) is 27.2 Å². The molecule has 0 bridgehead atoms. The summed E-state index contributed by atoms with van der Waals surface area (Å²) < 4.78 is 5.53. The quantitative estimate of drug-likeness (QED) is 0.836. The number of hydrogen-bond acceptors (Lipinski definition) is 5. The molecule has 1 N–H and O–H groups in total. The Hall–Kier alpha value is -1.08. The summed E-state index contributed by atoms with van der Waals surface area (Å²) >= 11 is 1.98. The van der Waals surface area contributed by atoms with Crippen molar-refractivity contribution in [2.24, 2.45) is 0 Å². The Morgan fingerprint density at radius 2 is 1.81 bits per heavy atom. The first-order chi connectivity index (χ1) is 13.3. The molecule has 0 unspecified atom stereocenters. The van der Waals surface area contributed by atoms with Crippen LogP contribution in [0.5, 0.6) is 0 Å². The molecule has 3 aliphatic heterocycles. The SMILES string of the molecule is O=C(NC1CCN([C@H]2CCOC2)CC1)[C@H](c1ccccc1)N1CCSCC1. The van der Waals surface area contributed by atoms with E-state index in [1.807, 2.05) is 30.0 Å². The molecule has 3 saturated heterocycles. The van der Waals surface area contributed by atoms with E-state index in [1.165, 1.54) is 0 Å². The van der Waals surface area contributed by atoms with Crippen LogP contribution in [0.15, 0.2) is 30.3 Å². The molecule has 6 heteroatoms. The van der Waals surface area contributed by atoms with Gasteiger partial charge in [-0.25, -0.2) is 0 Å². The molecular formula is C21H31N3O2S. The van der Waals surface area contributed by atoms with Crippen LogP contribution in [-0.4, -0.2) is 78.7 Å². The number of piperidine rings is 1. The van der Waals surface area contributed by atoms with Gasteiger partial charge in [0.1, 0.15) is 6.04 Å². The third kappa shape index (κ3) is 4.86. The summed E-state index contributed by atoms with van der Waals surface area (Å²) in [5.41, 5.74) is 1.11. The van der Waals surface area contributed by atoms with Crippen LogP contribution < -0.4 is 5.32 Å². The predicted molar refractivity (Wildman–Crippen MR) is 110 cm³/mol. The topological polar surface area (TPSA) is 44.8 Å². The van der Waals surface area contributed by atoms with Crippen molar-refractivity contribution >= 4 is 17.7 Å². The Morgan fingerprint density at radius 1 is 1.07 bits per heavy atom. The Morgan fingerprint density at radius 3 is 2.48 bits per heavy atom. The summed E-state index contributed by atoms with van der Waals surface area (Å²) in [7, 11) is 0. The molecule has 27 heavy (non-hydrogen) atoms. The Bertz CT molecular complexity index is 595. The maximum absolute atomic E-state index is 13.3. The first-order valence-corrected chi connectivity index (χ1v) is 11.5. The first-order valence-electron chi connectivity index (χ1n) is 10.3. The third-order valence-corrected chi connectivity index (χ3v) is 7.01. The molecule has 1 aromatic rings. The molecule has 148 valence electrons. The van der Waals surface area contributed by atoms with E-state index in [0.29, 0.717) is 12.1 Å². The van der Waals surface area contributed by atoms with E-state index in [9.17, 15) is 4.79 Å². The number of carbonyl (C=O) groups is 1. The molecule has 3 aliphatic rings. The molecular weight excluding hydrogens is 358 g/mol. The molecule has 0 radical (unpaired) electrons. The van der Waals surface area contributed by atoms with E-state index in [4.69, 9.17) is 4.74 Å². The number of likely N-dealkylation sites (tertiary alicyclic amines) is 1. The van der Waals surface area contributed by atoms with Crippen molar-refractivity contribution in [1.82, 2.24) is 15.1 Å². The van der Waals surface area contributed by atoms with E-state index in [-0.39, 0.29) is 11.9 Å². The summed E-state index contributed by atoms with van der Waals surface area (Å²) in [4.78, 5) is 18.2. The molecule has 0 aromatic heterocycles. The molecule has 2 atom stereocenters. The van der Waals surface area contributed by atoms with Gasteiger partial charge >= 0.3 is 0 Å². The predicted octanol–water partition coefficient (Wildman–Crippen LogP) is 2.15. The second kappa shape index (κ2) is 9.41. The summed E-state index contributed by atoms with van der Waals surface area (Å²) in [5, 5.41) is 3.38. The van der Waals surface area contributed by atoms with Crippen LogP contribution in [0.2, 0.25) is 0 Å². The number of benzene rings is 1. The van der Waals surface area contributed by atoms with Gasteiger partial charge in [-0.15, -0.1) is 0 Å². The van der Waals surface area contributed by atoms with Gasteiger partial charge in [-0.05, 0) is 24.8 Å². The molecule has 3 heterocycles. The highest BCUT2D eigenvalue weighted by Gasteiger charge is 2.32. The number of rotatable bonds is 5. The molecule has 0 aliphatic carbocycles. The average molecular weight is 390 g/mol. The van der Waals surface area contributed by atoms with Gasteiger partial charge < -0.3 is 10.1 Å². The number of ether oxygens (including phenoxy) is 1. The number of hydrogen-bond donors (Lipinski definition) is 1. The number of amides is 1. The van der Waals surface area contributed by atoms with Gasteiger partial charge in [-0.2, -0.15) is 11.8 Å². The number of carbonyl (C=O) groups excluding carboxylic acids is 1. The van der Waals surface area contributed by atoms with Crippen molar-refractivity contribution in [3.8, 4) is 0 Å². The first kappa shape index (κ1) is 19.2. The maximum atomic E-state index is 13.3. The van der Waals surface area contributed by atoms with Crippen molar-refractivity contribution in [1.29, 1.82) is 0 Å². The summed E-state index contributed by atoms with van der Waals surface area (Å²) in [5.74, 6) is 2.40. The largest absolute Gasteiger partial charge is 0.380 e. The minimum Gasteiger partial charge on any atom is -0.380 e. The molecule has 1 amide bonds. The van der Waals surface area contributed by atoms with Crippen molar-refractivity contribution in [2.45, 2.75) is 37.4 Å². The zero-order valence-corrected chi connectivity index (χ0v) is 16.8. The lowest BCUT2D eigenvalue weighted by molar-refractivity contribution is -0.127. The second-order valence-electron chi connectivity index (χ2n) is 7.80. The van der Waals surface area contributed by atoms with E-state index in [0.717, 1.165) is 75.7 Å². The second-order valence-corrected chi connectivity index (χ2v) is 9.02. The Labute approximate surface area is 166 Å². The van der Waals surface area contributed by atoms with Gasteiger partial charge in [0, 0.05) is 56.4 Å². The minimum absolute atomic E-state index is 0.159. The highest BCUT2D eigenvalue weighted by Crippen LogP contribution is 2.26. The van der Waals surface area contributed by atoms with Crippen LogP contribution in [0.25, 0.3) is 0 Å². The lowest BCUT2D eigenvalue weighted by Crippen LogP contribution is -2.51. The van der Waals surface area contributed by atoms with Crippen LogP contribution in [0.1, 0.15) is 30.9 Å². The van der Waals surface area contributed by atoms with E-state index < -0.39 is 0 Å². The molecule has 4 rings (SSSR count). The fourth-order valence-electron chi connectivity index (χ4n) is 4.50. The lowest BCUT2D eigenvalue weighted by Gasteiger charge is -2.38. The molecule has 0 spiro atoms. The fraction of sp³-hybridized carbons (Fsp3) is 0.667. The van der Waals surface area contributed by atoms with Crippen LogP contribution in [-0.2, 0) is 9.53 Å². The van der Waals surface area contributed by atoms with Gasteiger partial charge in [0.25, 0.3) is 0 Å². The van der Waals surface area contributed by atoms with Gasteiger partial charge in [-0.1, -0.05) is 30.3 Å². The summed E-state index contributed by atoms with van der Waals surface area (Å²) in [6.45, 7) is 5.87. The van der Waals surface area contributed by atoms with E-state index >= 15 is 0 Å². The maximum Gasteiger partial charge on any atom is 0.242 e.